The first kappa shape index (κ1) is 12.4. The number of carbonyl (C=O) groups excluding carboxylic acids is 1. The van der Waals surface area contributed by atoms with Gasteiger partial charge in [-0.1, -0.05) is 6.92 Å². The van der Waals surface area contributed by atoms with Gasteiger partial charge >= 0.3 is 5.97 Å². The van der Waals surface area contributed by atoms with E-state index in [2.05, 4.69) is 6.92 Å². The van der Waals surface area contributed by atoms with Crippen molar-refractivity contribution in [2.24, 2.45) is 5.41 Å². The molecule has 0 saturated carbocycles. The van der Waals surface area contributed by atoms with Crippen molar-refractivity contribution in [1.29, 1.82) is 0 Å². The lowest BCUT2D eigenvalue weighted by Gasteiger charge is -2.34. The van der Waals surface area contributed by atoms with E-state index < -0.39 is 11.4 Å². The number of nitrogens with zero attached hydrogens (tertiary/aromatic N) is 1. The Morgan fingerprint density at radius 2 is 2.07 bits per heavy atom. The van der Waals surface area contributed by atoms with Crippen molar-refractivity contribution in [1.82, 2.24) is 4.90 Å². The Bertz CT molecular complexity index is 278. The van der Waals surface area contributed by atoms with Gasteiger partial charge in [0.05, 0.1) is 0 Å². The van der Waals surface area contributed by atoms with Crippen LogP contribution in [0.1, 0.15) is 20.8 Å². The molecule has 86 valence electrons. The molecule has 1 aliphatic rings. The summed E-state index contributed by atoms with van der Waals surface area (Å²) >= 11 is 1.82. The van der Waals surface area contributed by atoms with Crippen LogP contribution < -0.4 is 0 Å². The third kappa shape index (κ3) is 2.65. The molecule has 15 heavy (non-hydrogen) atoms. The van der Waals surface area contributed by atoms with Crippen LogP contribution in [0.2, 0.25) is 0 Å². The second-order valence-electron chi connectivity index (χ2n) is 4.36. The zero-order valence-corrected chi connectivity index (χ0v) is 10.1. The van der Waals surface area contributed by atoms with Crippen LogP contribution in [0, 0.1) is 5.41 Å². The van der Waals surface area contributed by atoms with Gasteiger partial charge in [-0.05, 0) is 13.8 Å². The van der Waals surface area contributed by atoms with Crippen LogP contribution in [-0.4, -0.2) is 46.0 Å². The lowest BCUT2D eigenvalue weighted by molar-refractivity contribution is -0.158. The maximum absolute atomic E-state index is 11.9. The molecule has 0 aromatic heterocycles. The molecule has 1 N–H and O–H groups in total. The monoisotopic (exact) mass is 231 g/mol. The van der Waals surface area contributed by atoms with Gasteiger partial charge in [-0.3, -0.25) is 9.59 Å². The average molecular weight is 231 g/mol. The van der Waals surface area contributed by atoms with Gasteiger partial charge in [0.25, 0.3) is 0 Å². The van der Waals surface area contributed by atoms with Gasteiger partial charge in [-0.15, -0.1) is 0 Å². The summed E-state index contributed by atoms with van der Waals surface area (Å²) in [6.07, 6.45) is 0. The van der Waals surface area contributed by atoms with Gasteiger partial charge in [0.15, 0.2) is 0 Å². The predicted molar refractivity (Wildman–Crippen MR) is 59.9 cm³/mol. The minimum absolute atomic E-state index is 0.276. The minimum atomic E-state index is -1.30. The fourth-order valence-electron chi connectivity index (χ4n) is 1.49. The Labute approximate surface area is 94.0 Å². The molecule has 0 radical (unpaired) electrons. The van der Waals surface area contributed by atoms with Crippen LogP contribution in [0.5, 0.6) is 0 Å². The van der Waals surface area contributed by atoms with E-state index in [1.807, 2.05) is 11.8 Å². The molecular formula is C10H17NO3S. The van der Waals surface area contributed by atoms with Crippen LogP contribution in [-0.2, 0) is 9.59 Å². The molecule has 1 fully saturated rings. The molecule has 0 aromatic carbocycles. The van der Waals surface area contributed by atoms with Gasteiger partial charge in [-0.25, -0.2) is 0 Å². The molecule has 1 unspecified atom stereocenters. The van der Waals surface area contributed by atoms with Gasteiger partial charge in [0.1, 0.15) is 5.41 Å². The second kappa shape index (κ2) is 4.43. The Balaban J connectivity index is 2.71. The molecule has 0 bridgehead atoms. The Morgan fingerprint density at radius 3 is 2.53 bits per heavy atom. The summed E-state index contributed by atoms with van der Waals surface area (Å²) in [5, 5.41) is 9.35. The van der Waals surface area contributed by atoms with E-state index in [-0.39, 0.29) is 5.91 Å². The predicted octanol–water partition coefficient (Wildman–Crippen LogP) is 1.06. The highest BCUT2D eigenvalue weighted by Gasteiger charge is 2.40. The maximum Gasteiger partial charge on any atom is 0.318 e. The first-order valence-electron chi connectivity index (χ1n) is 5.00. The van der Waals surface area contributed by atoms with Crippen LogP contribution in [0.3, 0.4) is 0 Å². The third-order valence-electron chi connectivity index (χ3n) is 2.60. The van der Waals surface area contributed by atoms with Crippen molar-refractivity contribution in [3.8, 4) is 0 Å². The lowest BCUT2D eigenvalue weighted by atomic mass is 9.91. The van der Waals surface area contributed by atoms with E-state index in [0.29, 0.717) is 18.3 Å². The quantitative estimate of drug-likeness (QED) is 0.722. The van der Waals surface area contributed by atoms with Crippen LogP contribution in [0.4, 0.5) is 0 Å². The van der Waals surface area contributed by atoms with Crippen molar-refractivity contribution in [2.45, 2.75) is 26.0 Å². The number of carboxylic acid groups (broad SMARTS) is 1. The smallest absolute Gasteiger partial charge is 0.318 e. The van der Waals surface area contributed by atoms with Gasteiger partial charge in [-0.2, -0.15) is 11.8 Å². The Morgan fingerprint density at radius 1 is 1.47 bits per heavy atom. The average Bonchev–Trinajstić information content (AvgIpc) is 2.16. The lowest BCUT2D eigenvalue weighted by Crippen LogP contribution is -2.49. The van der Waals surface area contributed by atoms with Crippen molar-refractivity contribution < 1.29 is 14.7 Å². The molecule has 1 aliphatic heterocycles. The maximum atomic E-state index is 11.9. The second-order valence-corrected chi connectivity index (χ2v) is 5.91. The van der Waals surface area contributed by atoms with Crippen molar-refractivity contribution in [3.05, 3.63) is 0 Å². The molecule has 1 heterocycles. The normalized spacial score (nSPS) is 22.6. The number of carbonyl (C=O) groups is 2. The standard InChI is InChI=1S/C10H17NO3S/c1-7-6-11(4-5-15-7)8(12)10(2,3)9(13)14/h7H,4-6H2,1-3H3,(H,13,14). The highest BCUT2D eigenvalue weighted by Crippen LogP contribution is 2.24. The Hall–Kier alpha value is -0.710. The molecule has 1 rings (SSSR count). The van der Waals surface area contributed by atoms with Gasteiger partial charge in [0.2, 0.25) is 5.91 Å². The van der Waals surface area contributed by atoms with Crippen LogP contribution in [0.25, 0.3) is 0 Å². The largest absolute Gasteiger partial charge is 0.480 e. The first-order valence-corrected chi connectivity index (χ1v) is 6.05. The molecule has 0 spiro atoms. The zero-order valence-electron chi connectivity index (χ0n) is 9.32. The SMILES string of the molecule is CC1CN(C(=O)C(C)(C)C(=O)O)CCS1. The van der Waals surface area contributed by atoms with Crippen molar-refractivity contribution >= 4 is 23.6 Å². The third-order valence-corrected chi connectivity index (χ3v) is 3.73. The summed E-state index contributed by atoms with van der Waals surface area (Å²) in [6, 6.07) is 0. The van der Waals surface area contributed by atoms with Crippen LogP contribution in [0.15, 0.2) is 0 Å². The zero-order chi connectivity index (χ0) is 11.6. The van der Waals surface area contributed by atoms with Crippen molar-refractivity contribution in [2.75, 3.05) is 18.8 Å². The number of aliphatic carboxylic acids is 1. The summed E-state index contributed by atoms with van der Waals surface area (Å²) in [5.41, 5.74) is -1.30. The first-order chi connectivity index (χ1) is 6.85. The van der Waals surface area contributed by atoms with Gasteiger partial charge < -0.3 is 10.0 Å². The molecule has 1 amide bonds. The topological polar surface area (TPSA) is 57.6 Å². The molecule has 1 saturated heterocycles. The van der Waals surface area contributed by atoms with E-state index in [0.717, 1.165) is 5.75 Å². The molecule has 0 aromatic rings. The summed E-state index contributed by atoms with van der Waals surface area (Å²) < 4.78 is 0. The summed E-state index contributed by atoms with van der Waals surface area (Å²) in [7, 11) is 0. The molecule has 5 heteroatoms. The van der Waals surface area contributed by atoms with E-state index >= 15 is 0 Å². The molecular weight excluding hydrogens is 214 g/mol. The summed E-state index contributed by atoms with van der Waals surface area (Å²) in [4.78, 5) is 24.5. The fraction of sp³-hybridized carbons (Fsp3) is 0.800. The number of amides is 1. The number of hydrogen-bond acceptors (Lipinski definition) is 3. The summed E-state index contributed by atoms with van der Waals surface area (Å²) in [6.45, 7) is 6.29. The number of thioether (sulfide) groups is 1. The van der Waals surface area contributed by atoms with Crippen LogP contribution >= 0.6 is 11.8 Å². The summed E-state index contributed by atoms with van der Waals surface area (Å²) in [5.74, 6) is -0.441. The van der Waals surface area contributed by atoms with E-state index in [4.69, 9.17) is 5.11 Å². The number of carboxylic acids is 1. The molecule has 1 atom stereocenters. The van der Waals surface area contributed by atoms with E-state index in [1.165, 1.54) is 13.8 Å². The van der Waals surface area contributed by atoms with Crippen molar-refractivity contribution in [3.63, 3.8) is 0 Å². The molecule has 0 aliphatic carbocycles. The van der Waals surface area contributed by atoms with E-state index in [1.54, 1.807) is 4.90 Å². The number of hydrogen-bond donors (Lipinski definition) is 1. The fourth-order valence-corrected chi connectivity index (χ4v) is 2.50. The minimum Gasteiger partial charge on any atom is -0.480 e. The van der Waals surface area contributed by atoms with Gasteiger partial charge in [0, 0.05) is 24.1 Å². The molecule has 4 nitrogen and oxygen atoms in total. The Kier molecular flexibility index (Phi) is 3.65. The number of rotatable bonds is 2. The highest BCUT2D eigenvalue weighted by molar-refractivity contribution is 7.99. The highest BCUT2D eigenvalue weighted by atomic mass is 32.2. The van der Waals surface area contributed by atoms with E-state index in [9.17, 15) is 9.59 Å².